The predicted octanol–water partition coefficient (Wildman–Crippen LogP) is 4.08. The second kappa shape index (κ2) is 6.26. The summed E-state index contributed by atoms with van der Waals surface area (Å²) in [5, 5.41) is 7.86. The van der Waals surface area contributed by atoms with Crippen molar-refractivity contribution in [3.63, 3.8) is 0 Å². The molecular weight excluding hydrogens is 309 g/mol. The Morgan fingerprint density at radius 1 is 1.17 bits per heavy atom. The minimum absolute atomic E-state index is 0.236. The van der Waals surface area contributed by atoms with Crippen molar-refractivity contribution in [2.45, 2.75) is 25.9 Å². The van der Waals surface area contributed by atoms with Crippen LogP contribution in [0.2, 0.25) is 0 Å². The highest BCUT2D eigenvalue weighted by Crippen LogP contribution is 2.24. The normalized spacial score (nSPS) is 14.5. The third-order valence-corrected chi connectivity index (χ3v) is 5.20. The molecule has 1 aromatic heterocycles. The Hall–Kier alpha value is -1.98. The van der Waals surface area contributed by atoms with E-state index in [0.29, 0.717) is 6.54 Å². The van der Waals surface area contributed by atoms with E-state index in [-0.39, 0.29) is 5.82 Å². The van der Waals surface area contributed by atoms with E-state index >= 15 is 0 Å². The molecule has 5 heteroatoms. The molecule has 2 aromatic carbocycles. The number of fused-ring (bicyclic) bond motifs is 2. The van der Waals surface area contributed by atoms with Crippen LogP contribution in [0.25, 0.3) is 10.2 Å². The summed E-state index contributed by atoms with van der Waals surface area (Å²) in [5.74, 6) is -0.236. The fraction of sp³-hybridized carbons (Fsp3) is 0.278. The minimum Gasteiger partial charge on any atom is -0.379 e. The smallest absolute Gasteiger partial charge is 0.125 e. The molecule has 23 heavy (non-hydrogen) atoms. The van der Waals surface area contributed by atoms with Crippen molar-refractivity contribution in [3.05, 3.63) is 58.3 Å². The Balaban J connectivity index is 1.50. The molecule has 0 saturated heterocycles. The lowest BCUT2D eigenvalue weighted by atomic mass is 10.0. The number of hydrogen-bond donors (Lipinski definition) is 2. The van der Waals surface area contributed by atoms with Crippen molar-refractivity contribution in [1.82, 2.24) is 10.3 Å². The van der Waals surface area contributed by atoms with E-state index in [1.54, 1.807) is 17.4 Å². The average Bonchev–Trinajstić information content (AvgIpc) is 2.80. The number of nitrogens with zero attached hydrogens (tertiary/aromatic N) is 1. The predicted molar refractivity (Wildman–Crippen MR) is 93.4 cm³/mol. The van der Waals surface area contributed by atoms with Crippen LogP contribution in [-0.4, -0.2) is 11.5 Å². The number of aromatic nitrogens is 1. The van der Waals surface area contributed by atoms with Gasteiger partial charge in [0.25, 0.3) is 0 Å². The summed E-state index contributed by atoms with van der Waals surface area (Å²) < 4.78 is 14.3. The molecule has 1 aliphatic heterocycles. The second-order valence-electron chi connectivity index (χ2n) is 5.84. The van der Waals surface area contributed by atoms with E-state index in [9.17, 15) is 4.39 Å². The number of thiazole rings is 1. The Labute approximate surface area is 138 Å². The summed E-state index contributed by atoms with van der Waals surface area (Å²) in [4.78, 5) is 4.49. The first-order valence-corrected chi connectivity index (χ1v) is 8.71. The molecule has 2 N–H and O–H groups in total. The summed E-state index contributed by atoms with van der Waals surface area (Å²) in [6.45, 7) is 2.68. The highest BCUT2D eigenvalue weighted by atomic mass is 32.1. The zero-order chi connectivity index (χ0) is 15.6. The second-order valence-corrected chi connectivity index (χ2v) is 6.95. The van der Waals surface area contributed by atoms with Crippen LogP contribution in [0.15, 0.2) is 36.4 Å². The molecule has 0 saturated carbocycles. The van der Waals surface area contributed by atoms with Crippen LogP contribution in [0.1, 0.15) is 22.6 Å². The monoisotopic (exact) mass is 327 g/mol. The maximum absolute atomic E-state index is 13.2. The van der Waals surface area contributed by atoms with E-state index < -0.39 is 0 Å². The van der Waals surface area contributed by atoms with E-state index in [2.05, 4.69) is 33.8 Å². The third-order valence-electron chi connectivity index (χ3n) is 4.16. The fourth-order valence-electron chi connectivity index (χ4n) is 2.97. The van der Waals surface area contributed by atoms with Crippen molar-refractivity contribution < 1.29 is 4.39 Å². The zero-order valence-corrected chi connectivity index (χ0v) is 13.5. The molecule has 0 spiro atoms. The molecule has 4 rings (SSSR count). The summed E-state index contributed by atoms with van der Waals surface area (Å²) in [5.41, 5.74) is 4.66. The van der Waals surface area contributed by atoms with Crippen LogP contribution in [0.5, 0.6) is 0 Å². The van der Waals surface area contributed by atoms with Gasteiger partial charge < -0.3 is 10.6 Å². The van der Waals surface area contributed by atoms with Crippen LogP contribution in [0, 0.1) is 5.82 Å². The number of hydrogen-bond acceptors (Lipinski definition) is 4. The van der Waals surface area contributed by atoms with Gasteiger partial charge in [-0.1, -0.05) is 6.07 Å². The van der Waals surface area contributed by atoms with Crippen LogP contribution in [-0.2, 0) is 19.5 Å². The first kappa shape index (κ1) is 14.6. The van der Waals surface area contributed by atoms with Crippen molar-refractivity contribution in [2.75, 3.05) is 11.9 Å². The molecular formula is C18H18FN3S. The minimum atomic E-state index is -0.236. The van der Waals surface area contributed by atoms with Gasteiger partial charge in [0.15, 0.2) is 0 Å². The van der Waals surface area contributed by atoms with Crippen molar-refractivity contribution in [1.29, 1.82) is 0 Å². The van der Waals surface area contributed by atoms with Gasteiger partial charge in [0, 0.05) is 18.3 Å². The molecule has 0 aliphatic carbocycles. The highest BCUT2D eigenvalue weighted by Gasteiger charge is 2.09. The van der Waals surface area contributed by atoms with Gasteiger partial charge in [-0.2, -0.15) is 0 Å². The Morgan fingerprint density at radius 2 is 2.13 bits per heavy atom. The van der Waals surface area contributed by atoms with Gasteiger partial charge in [0.2, 0.25) is 0 Å². The average molecular weight is 327 g/mol. The molecule has 0 fully saturated rings. The van der Waals surface area contributed by atoms with Gasteiger partial charge in [0.1, 0.15) is 10.8 Å². The first-order chi connectivity index (χ1) is 11.3. The molecule has 0 radical (unpaired) electrons. The van der Waals surface area contributed by atoms with Gasteiger partial charge in [0.05, 0.1) is 16.8 Å². The molecule has 118 valence electrons. The molecule has 0 bridgehead atoms. The molecule has 0 atom stereocenters. The summed E-state index contributed by atoms with van der Waals surface area (Å²) in [6.07, 6.45) is 2.34. The molecule has 0 amide bonds. The SMILES string of the molecule is Fc1ccc2sc(CNc3ccc4c(c3)CNCCC4)nc2c1. The summed E-state index contributed by atoms with van der Waals surface area (Å²) in [6, 6.07) is 11.3. The number of nitrogens with one attached hydrogen (secondary N) is 2. The Morgan fingerprint density at radius 3 is 3.09 bits per heavy atom. The van der Waals surface area contributed by atoms with E-state index in [0.717, 1.165) is 40.4 Å². The molecule has 0 unspecified atom stereocenters. The number of aryl methyl sites for hydroxylation is 1. The van der Waals surface area contributed by atoms with Crippen LogP contribution < -0.4 is 10.6 Å². The summed E-state index contributed by atoms with van der Waals surface area (Å²) >= 11 is 1.60. The Kier molecular flexibility index (Phi) is 3.97. The third kappa shape index (κ3) is 3.21. The molecule has 1 aliphatic rings. The summed E-state index contributed by atoms with van der Waals surface area (Å²) in [7, 11) is 0. The van der Waals surface area contributed by atoms with Gasteiger partial charge >= 0.3 is 0 Å². The van der Waals surface area contributed by atoms with Crippen LogP contribution >= 0.6 is 11.3 Å². The van der Waals surface area contributed by atoms with Crippen LogP contribution in [0.3, 0.4) is 0 Å². The lowest BCUT2D eigenvalue weighted by Gasteiger charge is -2.10. The van der Waals surface area contributed by atoms with Crippen molar-refractivity contribution >= 4 is 27.2 Å². The number of anilines is 1. The first-order valence-electron chi connectivity index (χ1n) is 7.89. The van der Waals surface area contributed by atoms with Crippen molar-refractivity contribution in [2.24, 2.45) is 0 Å². The largest absolute Gasteiger partial charge is 0.379 e. The lowest BCUT2D eigenvalue weighted by Crippen LogP contribution is -2.12. The number of benzene rings is 2. The number of halogens is 1. The van der Waals surface area contributed by atoms with Gasteiger partial charge in [-0.3, -0.25) is 0 Å². The maximum atomic E-state index is 13.2. The van der Waals surface area contributed by atoms with Gasteiger partial charge in [-0.15, -0.1) is 11.3 Å². The number of rotatable bonds is 3. The maximum Gasteiger partial charge on any atom is 0.125 e. The fourth-order valence-corrected chi connectivity index (χ4v) is 3.86. The standard InChI is InChI=1S/C18H18FN3S/c19-14-4-6-17-16(9-14)22-18(23-17)11-21-15-5-3-12-2-1-7-20-10-13(12)8-15/h3-6,8-9,20-21H,1-2,7,10-11H2. The molecule has 3 nitrogen and oxygen atoms in total. The zero-order valence-electron chi connectivity index (χ0n) is 12.7. The lowest BCUT2D eigenvalue weighted by molar-refractivity contribution is 0.629. The highest BCUT2D eigenvalue weighted by molar-refractivity contribution is 7.18. The van der Waals surface area contributed by atoms with Crippen molar-refractivity contribution in [3.8, 4) is 0 Å². The van der Waals surface area contributed by atoms with Gasteiger partial charge in [-0.05, 0) is 54.8 Å². The van der Waals surface area contributed by atoms with Gasteiger partial charge in [-0.25, -0.2) is 9.37 Å². The quantitative estimate of drug-likeness (QED) is 0.761. The van der Waals surface area contributed by atoms with E-state index in [1.807, 2.05) is 0 Å². The molecule has 2 heterocycles. The Bertz CT molecular complexity index is 843. The van der Waals surface area contributed by atoms with Crippen LogP contribution in [0.4, 0.5) is 10.1 Å². The molecule has 3 aromatic rings. The van der Waals surface area contributed by atoms with E-state index in [4.69, 9.17) is 0 Å². The van der Waals surface area contributed by atoms with E-state index in [1.165, 1.54) is 29.7 Å². The topological polar surface area (TPSA) is 37.0 Å².